The van der Waals surface area contributed by atoms with E-state index < -0.39 is 42.5 Å². The molecule has 2 amide bonds. The number of phenolic OH excluding ortho intramolecular Hbond substituents is 1. The molecule has 0 saturated carbocycles. The fourth-order valence-electron chi connectivity index (χ4n) is 4.99. The highest BCUT2D eigenvalue weighted by atomic mass is 16.6. The van der Waals surface area contributed by atoms with E-state index in [-0.39, 0.29) is 17.6 Å². The number of allylic oxidation sites excluding steroid dienone is 1. The van der Waals surface area contributed by atoms with E-state index in [1.165, 1.54) is 20.3 Å². The quantitative estimate of drug-likeness (QED) is 0.356. The fourth-order valence-corrected chi connectivity index (χ4v) is 4.99. The standard InChI is InChI=1S/C29H44N2O8/c1-15-9-8-10-23(37-6)27(39-29(30)36)18(4)11-16(2)26(34)24(38-7)12-17(3)25(33)21-13-20(31-28(15)35)14-22(32)19(21)5/h9,11,13-14,16-17,23-27,32-34H,8,10,12H2,1-7H3,(H2,30,36)(H,31,35)/b15-9+,18-11+/t16-,17-,23-,24-,25+,26+,27-/m0/s1. The van der Waals surface area contributed by atoms with Gasteiger partial charge in [-0.1, -0.05) is 26.0 Å². The Morgan fingerprint density at radius 2 is 1.72 bits per heavy atom. The summed E-state index contributed by atoms with van der Waals surface area (Å²) in [6.45, 7) is 8.79. The predicted octanol–water partition coefficient (Wildman–Crippen LogP) is 3.88. The van der Waals surface area contributed by atoms with Crippen LogP contribution in [0.2, 0.25) is 0 Å². The Hall–Kier alpha value is -2.92. The predicted molar refractivity (Wildman–Crippen MR) is 148 cm³/mol. The molecule has 1 heterocycles. The van der Waals surface area contributed by atoms with Crippen LogP contribution < -0.4 is 11.1 Å². The molecule has 1 aromatic rings. The maximum atomic E-state index is 12.9. The van der Waals surface area contributed by atoms with Crippen molar-refractivity contribution in [1.29, 1.82) is 0 Å². The van der Waals surface area contributed by atoms with Crippen LogP contribution in [0.15, 0.2) is 35.4 Å². The number of aliphatic hydroxyl groups is 2. The smallest absolute Gasteiger partial charge is 0.405 e. The summed E-state index contributed by atoms with van der Waals surface area (Å²) in [6, 6.07) is 3.09. The Morgan fingerprint density at radius 1 is 1.08 bits per heavy atom. The number of anilines is 1. The molecule has 0 unspecified atom stereocenters. The van der Waals surface area contributed by atoms with E-state index in [1.807, 2.05) is 13.8 Å². The van der Waals surface area contributed by atoms with Gasteiger partial charge in [0.15, 0.2) is 6.10 Å². The van der Waals surface area contributed by atoms with E-state index >= 15 is 0 Å². The summed E-state index contributed by atoms with van der Waals surface area (Å²) >= 11 is 0. The van der Waals surface area contributed by atoms with Crippen LogP contribution in [-0.2, 0) is 19.0 Å². The molecule has 0 radical (unpaired) electrons. The van der Waals surface area contributed by atoms with E-state index in [9.17, 15) is 24.9 Å². The minimum absolute atomic E-state index is 0.0532. The van der Waals surface area contributed by atoms with Crippen LogP contribution in [0.25, 0.3) is 0 Å². The molecule has 0 aromatic heterocycles. The van der Waals surface area contributed by atoms with Gasteiger partial charge >= 0.3 is 6.09 Å². The first-order chi connectivity index (χ1) is 18.3. The van der Waals surface area contributed by atoms with Gasteiger partial charge in [0.25, 0.3) is 5.91 Å². The number of ether oxygens (including phenoxy) is 3. The summed E-state index contributed by atoms with van der Waals surface area (Å²) in [4.78, 5) is 24.6. The Bertz CT molecular complexity index is 1070. The second-order valence-electron chi connectivity index (χ2n) is 10.5. The van der Waals surface area contributed by atoms with Gasteiger partial charge in [-0.15, -0.1) is 0 Å². The number of hydrogen-bond donors (Lipinski definition) is 5. The van der Waals surface area contributed by atoms with Gasteiger partial charge in [-0.3, -0.25) is 4.79 Å². The molecule has 218 valence electrons. The lowest BCUT2D eigenvalue weighted by atomic mass is 9.85. The second-order valence-corrected chi connectivity index (χ2v) is 10.5. The number of carbonyl (C=O) groups is 2. The summed E-state index contributed by atoms with van der Waals surface area (Å²) in [5, 5.41) is 35.7. The van der Waals surface area contributed by atoms with Crippen LogP contribution in [-0.4, -0.2) is 66.0 Å². The first kappa shape index (κ1) is 32.3. The molecule has 10 nitrogen and oxygen atoms in total. The minimum Gasteiger partial charge on any atom is -0.508 e. The lowest BCUT2D eigenvalue weighted by Crippen LogP contribution is -2.38. The topological polar surface area (TPSA) is 161 Å². The molecular formula is C29H44N2O8. The molecule has 39 heavy (non-hydrogen) atoms. The zero-order valence-corrected chi connectivity index (χ0v) is 23.9. The maximum Gasteiger partial charge on any atom is 0.405 e. The Kier molecular flexibility index (Phi) is 12.0. The van der Waals surface area contributed by atoms with Crippen molar-refractivity contribution in [2.24, 2.45) is 17.6 Å². The Morgan fingerprint density at radius 3 is 2.31 bits per heavy atom. The van der Waals surface area contributed by atoms with Gasteiger partial charge in [-0.2, -0.15) is 0 Å². The third-order valence-electron chi connectivity index (χ3n) is 7.48. The summed E-state index contributed by atoms with van der Waals surface area (Å²) in [7, 11) is 3.00. The van der Waals surface area contributed by atoms with Crippen LogP contribution in [0.3, 0.4) is 0 Å². The van der Waals surface area contributed by atoms with Crippen molar-refractivity contribution < 1.29 is 39.1 Å². The van der Waals surface area contributed by atoms with Crippen molar-refractivity contribution in [3.63, 3.8) is 0 Å². The number of phenols is 1. The van der Waals surface area contributed by atoms with E-state index in [4.69, 9.17) is 19.9 Å². The highest BCUT2D eigenvalue weighted by molar-refractivity contribution is 6.03. The zero-order valence-electron chi connectivity index (χ0n) is 23.9. The molecule has 7 atom stereocenters. The van der Waals surface area contributed by atoms with Crippen LogP contribution in [0.5, 0.6) is 5.75 Å². The largest absolute Gasteiger partial charge is 0.508 e. The number of fused-ring (bicyclic) bond motifs is 2. The van der Waals surface area contributed by atoms with Gasteiger partial charge in [0.05, 0.1) is 24.4 Å². The first-order valence-electron chi connectivity index (χ1n) is 13.2. The van der Waals surface area contributed by atoms with Crippen LogP contribution >= 0.6 is 0 Å². The SMILES string of the molecule is CO[C@H]1C[C@H](C)[C@@H](O)c2cc(cc(O)c2C)NC(=O)/C(C)=C/CC[C@H](OC)[C@@H](OC(N)=O)/C(C)=C/[C@H](C)[C@H]1O. The van der Waals surface area contributed by atoms with E-state index in [2.05, 4.69) is 5.32 Å². The molecule has 1 aliphatic heterocycles. The van der Waals surface area contributed by atoms with E-state index in [0.717, 1.165) is 0 Å². The third-order valence-corrected chi connectivity index (χ3v) is 7.48. The van der Waals surface area contributed by atoms with E-state index in [1.54, 1.807) is 39.0 Å². The number of nitrogens with one attached hydrogen (secondary N) is 1. The molecule has 0 spiro atoms. The highest BCUT2D eigenvalue weighted by Gasteiger charge is 2.31. The van der Waals surface area contributed by atoms with Gasteiger partial charge in [0, 0.05) is 37.5 Å². The molecule has 1 aliphatic rings. The zero-order chi connectivity index (χ0) is 29.4. The van der Waals surface area contributed by atoms with Gasteiger partial charge in [0.2, 0.25) is 0 Å². The fraction of sp³-hybridized carbons (Fsp3) is 0.586. The molecular weight excluding hydrogens is 504 g/mol. The van der Waals surface area contributed by atoms with Crippen LogP contribution in [0.4, 0.5) is 10.5 Å². The molecule has 10 heteroatoms. The van der Waals surface area contributed by atoms with Crippen molar-refractivity contribution in [2.45, 2.75) is 84.4 Å². The minimum atomic E-state index is -1.00. The van der Waals surface area contributed by atoms with E-state index in [0.29, 0.717) is 47.2 Å². The highest BCUT2D eigenvalue weighted by Crippen LogP contribution is 2.36. The molecule has 2 rings (SSSR count). The summed E-state index contributed by atoms with van der Waals surface area (Å²) in [5.74, 6) is -1.20. The number of benzene rings is 1. The monoisotopic (exact) mass is 548 g/mol. The van der Waals surface area contributed by atoms with Gasteiger partial charge in [-0.25, -0.2) is 4.79 Å². The summed E-state index contributed by atoms with van der Waals surface area (Å²) in [5.41, 5.74) is 7.76. The molecule has 6 N–H and O–H groups in total. The average molecular weight is 549 g/mol. The molecule has 2 bridgehead atoms. The summed E-state index contributed by atoms with van der Waals surface area (Å²) < 4.78 is 16.7. The van der Waals surface area contributed by atoms with Crippen molar-refractivity contribution in [3.05, 3.63) is 46.6 Å². The van der Waals surface area contributed by atoms with Crippen molar-refractivity contribution in [3.8, 4) is 5.75 Å². The van der Waals surface area contributed by atoms with Crippen molar-refractivity contribution >= 4 is 17.7 Å². The number of aliphatic hydroxyl groups excluding tert-OH is 2. The van der Waals surface area contributed by atoms with Crippen molar-refractivity contribution in [2.75, 3.05) is 19.5 Å². The number of carbonyl (C=O) groups excluding carboxylic acids is 2. The number of nitrogens with two attached hydrogens (primary N) is 1. The number of aromatic hydroxyl groups is 1. The van der Waals surface area contributed by atoms with Crippen LogP contribution in [0.1, 0.15) is 64.2 Å². The number of hydrogen-bond acceptors (Lipinski definition) is 8. The maximum absolute atomic E-state index is 12.9. The van der Waals surface area contributed by atoms with Crippen molar-refractivity contribution in [1.82, 2.24) is 0 Å². The normalized spacial score (nSPS) is 32.3. The second kappa shape index (κ2) is 14.5. The lowest BCUT2D eigenvalue weighted by molar-refractivity contribution is -0.112. The van der Waals surface area contributed by atoms with Gasteiger partial charge in [-0.05, 0) is 68.7 Å². The molecule has 0 aliphatic carbocycles. The molecule has 1 aromatic carbocycles. The van der Waals surface area contributed by atoms with Gasteiger partial charge < -0.3 is 40.6 Å². The average Bonchev–Trinajstić information content (AvgIpc) is 2.88. The Balaban J connectivity index is 2.56. The number of rotatable bonds is 3. The first-order valence-corrected chi connectivity index (χ1v) is 13.2. The van der Waals surface area contributed by atoms with Crippen LogP contribution in [0, 0.1) is 18.8 Å². The van der Waals surface area contributed by atoms with Gasteiger partial charge in [0.1, 0.15) is 5.75 Å². The lowest BCUT2D eigenvalue weighted by Gasteiger charge is -2.31. The Labute approximate surface area is 230 Å². The number of primary amides is 1. The number of methoxy groups -OCH3 is 2. The summed E-state index contributed by atoms with van der Waals surface area (Å²) in [6.07, 6.45) is -0.186. The number of amides is 2. The molecule has 0 fully saturated rings. The molecule has 0 saturated heterocycles. The third kappa shape index (κ3) is 8.53.